The molecule has 0 fully saturated rings. The van der Waals surface area contributed by atoms with Crippen LogP contribution in [-0.4, -0.2) is 20.6 Å². The molecule has 1 aromatic heterocycles. The lowest BCUT2D eigenvalue weighted by molar-refractivity contribution is -0.384. The Morgan fingerprint density at radius 1 is 1.57 bits per heavy atom. The van der Waals surface area contributed by atoms with E-state index in [0.717, 1.165) is 6.07 Å². The Morgan fingerprint density at radius 3 is 2.86 bits per heavy atom. The van der Waals surface area contributed by atoms with Crippen molar-refractivity contribution in [3.63, 3.8) is 0 Å². The summed E-state index contributed by atoms with van der Waals surface area (Å²) in [6, 6.07) is 3.68. The molecule has 0 unspecified atom stereocenters. The van der Waals surface area contributed by atoms with Crippen molar-refractivity contribution in [3.05, 3.63) is 50.7 Å². The number of nitro benzene ring substituents is 1. The lowest BCUT2D eigenvalue weighted by atomic mass is 10.2. The zero-order chi connectivity index (χ0) is 15.6. The van der Waals surface area contributed by atoms with E-state index in [2.05, 4.69) is 10.4 Å². The second-order valence-corrected chi connectivity index (χ2v) is 4.69. The van der Waals surface area contributed by atoms with Gasteiger partial charge in [0, 0.05) is 31.3 Å². The van der Waals surface area contributed by atoms with E-state index in [1.807, 2.05) is 0 Å². The third kappa shape index (κ3) is 3.11. The van der Waals surface area contributed by atoms with E-state index in [9.17, 15) is 14.9 Å². The maximum Gasteiger partial charge on any atom is 0.270 e. The first-order valence-electron chi connectivity index (χ1n) is 5.88. The van der Waals surface area contributed by atoms with E-state index in [1.165, 1.54) is 23.0 Å². The quantitative estimate of drug-likeness (QED) is 0.655. The number of hydrogen-bond donors (Lipinski definition) is 2. The summed E-state index contributed by atoms with van der Waals surface area (Å²) >= 11 is 5.89. The van der Waals surface area contributed by atoms with Crippen LogP contribution in [0.15, 0.2) is 24.4 Å². The second-order valence-electron chi connectivity index (χ2n) is 4.28. The number of halogens is 1. The van der Waals surface area contributed by atoms with Crippen LogP contribution in [0.5, 0.6) is 0 Å². The number of aromatic nitrogens is 2. The monoisotopic (exact) mass is 309 g/mol. The first-order valence-corrected chi connectivity index (χ1v) is 6.26. The molecule has 0 aliphatic carbocycles. The summed E-state index contributed by atoms with van der Waals surface area (Å²) in [5.41, 5.74) is 6.23. The summed E-state index contributed by atoms with van der Waals surface area (Å²) in [6.45, 7) is 0.150. The van der Waals surface area contributed by atoms with Crippen molar-refractivity contribution < 1.29 is 9.72 Å². The molecule has 1 aromatic carbocycles. The summed E-state index contributed by atoms with van der Waals surface area (Å²) < 4.78 is 1.47. The fourth-order valence-electron chi connectivity index (χ4n) is 1.70. The molecule has 21 heavy (non-hydrogen) atoms. The van der Waals surface area contributed by atoms with Crippen LogP contribution >= 0.6 is 11.6 Å². The van der Waals surface area contributed by atoms with Crippen LogP contribution in [0.3, 0.4) is 0 Å². The van der Waals surface area contributed by atoms with Gasteiger partial charge in [0.05, 0.1) is 21.7 Å². The molecule has 0 spiro atoms. The molecule has 2 aromatic rings. The van der Waals surface area contributed by atoms with Gasteiger partial charge in [0.15, 0.2) is 0 Å². The Hall–Kier alpha value is -2.61. The Morgan fingerprint density at radius 2 is 2.29 bits per heavy atom. The summed E-state index contributed by atoms with van der Waals surface area (Å²) in [7, 11) is 1.68. The van der Waals surface area contributed by atoms with Crippen molar-refractivity contribution in [3.8, 4) is 0 Å². The zero-order valence-electron chi connectivity index (χ0n) is 11.0. The number of nitrogen functional groups attached to an aromatic ring is 1. The highest BCUT2D eigenvalue weighted by Crippen LogP contribution is 2.22. The smallest absolute Gasteiger partial charge is 0.270 e. The number of nitrogens with two attached hydrogens (primary N) is 1. The number of benzene rings is 1. The standard InChI is InChI=1S/C12H12ClN5O3/c1-17-11(14)7(6-16-17)5-15-12(19)9-4-8(18(20)21)2-3-10(9)13/h2-4,6H,5,14H2,1H3,(H,15,19). The Bertz CT molecular complexity index is 713. The minimum atomic E-state index is -0.591. The fourth-order valence-corrected chi connectivity index (χ4v) is 1.90. The molecule has 0 atom stereocenters. The molecule has 8 nitrogen and oxygen atoms in total. The van der Waals surface area contributed by atoms with Crippen molar-refractivity contribution in [1.82, 2.24) is 15.1 Å². The van der Waals surface area contributed by atoms with Gasteiger partial charge >= 0.3 is 0 Å². The van der Waals surface area contributed by atoms with Gasteiger partial charge in [-0.15, -0.1) is 0 Å². The van der Waals surface area contributed by atoms with Crippen LogP contribution in [0.2, 0.25) is 5.02 Å². The molecule has 9 heteroatoms. The highest BCUT2D eigenvalue weighted by atomic mass is 35.5. The number of aryl methyl sites for hydroxylation is 1. The van der Waals surface area contributed by atoms with Gasteiger partial charge in [-0.25, -0.2) is 0 Å². The van der Waals surface area contributed by atoms with Crippen LogP contribution in [0.4, 0.5) is 11.5 Å². The van der Waals surface area contributed by atoms with Gasteiger partial charge < -0.3 is 11.1 Å². The lowest BCUT2D eigenvalue weighted by Gasteiger charge is -2.06. The summed E-state index contributed by atoms with van der Waals surface area (Å²) in [6.07, 6.45) is 1.53. The topological polar surface area (TPSA) is 116 Å². The third-order valence-electron chi connectivity index (χ3n) is 2.91. The molecular formula is C12H12ClN5O3. The highest BCUT2D eigenvalue weighted by Gasteiger charge is 2.16. The van der Waals surface area contributed by atoms with Crippen LogP contribution in [0, 0.1) is 10.1 Å². The number of anilines is 1. The molecule has 110 valence electrons. The normalized spacial score (nSPS) is 10.4. The SMILES string of the molecule is Cn1ncc(CNC(=O)c2cc([N+](=O)[O-])ccc2Cl)c1N. The Kier molecular flexibility index (Phi) is 4.08. The maximum atomic E-state index is 12.0. The van der Waals surface area contributed by atoms with Gasteiger partial charge in [0.25, 0.3) is 11.6 Å². The van der Waals surface area contributed by atoms with E-state index >= 15 is 0 Å². The molecule has 1 amide bonds. The van der Waals surface area contributed by atoms with E-state index in [1.54, 1.807) is 7.05 Å². The van der Waals surface area contributed by atoms with Crippen LogP contribution in [-0.2, 0) is 13.6 Å². The molecule has 0 saturated carbocycles. The van der Waals surface area contributed by atoms with Gasteiger partial charge in [-0.2, -0.15) is 5.10 Å². The minimum Gasteiger partial charge on any atom is -0.384 e. The number of carbonyl (C=O) groups excluding carboxylic acids is 1. The molecule has 2 rings (SSSR count). The minimum absolute atomic E-state index is 0.0355. The molecule has 0 saturated heterocycles. The second kappa shape index (κ2) is 5.80. The van der Waals surface area contributed by atoms with E-state index < -0.39 is 10.8 Å². The predicted octanol–water partition coefficient (Wildman–Crippen LogP) is 1.49. The summed E-state index contributed by atoms with van der Waals surface area (Å²) in [5.74, 6) is -0.0904. The molecule has 0 radical (unpaired) electrons. The van der Waals surface area contributed by atoms with Gasteiger partial charge in [0.2, 0.25) is 0 Å². The number of nitrogens with zero attached hydrogens (tertiary/aromatic N) is 3. The Balaban J connectivity index is 2.15. The van der Waals surface area contributed by atoms with Gasteiger partial charge in [0.1, 0.15) is 5.82 Å². The zero-order valence-corrected chi connectivity index (χ0v) is 11.8. The Labute approximate surface area is 124 Å². The number of nitro groups is 1. The third-order valence-corrected chi connectivity index (χ3v) is 3.24. The number of rotatable bonds is 4. The van der Waals surface area contributed by atoms with E-state index in [4.69, 9.17) is 17.3 Å². The molecule has 1 heterocycles. The molecule has 0 aliphatic rings. The number of amides is 1. The van der Waals surface area contributed by atoms with E-state index in [-0.39, 0.29) is 22.8 Å². The molecule has 3 N–H and O–H groups in total. The number of non-ortho nitro benzene ring substituents is 1. The van der Waals surface area contributed by atoms with Crippen molar-refractivity contribution in [1.29, 1.82) is 0 Å². The summed E-state index contributed by atoms with van der Waals surface area (Å²) in [4.78, 5) is 22.2. The van der Waals surface area contributed by atoms with Crippen molar-refractivity contribution in [2.45, 2.75) is 6.54 Å². The first kappa shape index (κ1) is 14.8. The number of hydrogen-bond acceptors (Lipinski definition) is 5. The molecule has 0 aliphatic heterocycles. The largest absolute Gasteiger partial charge is 0.384 e. The average Bonchev–Trinajstić information content (AvgIpc) is 2.76. The van der Waals surface area contributed by atoms with E-state index in [0.29, 0.717) is 11.4 Å². The average molecular weight is 310 g/mol. The first-order chi connectivity index (χ1) is 9.90. The van der Waals surface area contributed by atoms with Crippen molar-refractivity contribution in [2.75, 3.05) is 5.73 Å². The van der Waals surface area contributed by atoms with Crippen LogP contribution < -0.4 is 11.1 Å². The summed E-state index contributed by atoms with van der Waals surface area (Å²) in [5, 5.41) is 17.4. The number of nitrogens with one attached hydrogen (secondary N) is 1. The highest BCUT2D eigenvalue weighted by molar-refractivity contribution is 6.33. The van der Waals surface area contributed by atoms with Gasteiger partial charge in [-0.1, -0.05) is 11.6 Å². The van der Waals surface area contributed by atoms with Gasteiger partial charge in [-0.3, -0.25) is 19.6 Å². The predicted molar refractivity (Wildman–Crippen MR) is 76.9 cm³/mol. The molecular weight excluding hydrogens is 298 g/mol. The van der Waals surface area contributed by atoms with Crippen molar-refractivity contribution in [2.24, 2.45) is 7.05 Å². The van der Waals surface area contributed by atoms with Crippen LogP contribution in [0.1, 0.15) is 15.9 Å². The lowest BCUT2D eigenvalue weighted by Crippen LogP contribution is -2.23. The fraction of sp³-hybridized carbons (Fsp3) is 0.167. The molecule has 0 bridgehead atoms. The maximum absolute atomic E-state index is 12.0. The number of carbonyl (C=O) groups is 1. The van der Waals surface area contributed by atoms with Gasteiger partial charge in [-0.05, 0) is 6.07 Å². The van der Waals surface area contributed by atoms with Crippen molar-refractivity contribution >= 4 is 29.0 Å². The van der Waals surface area contributed by atoms with Crippen LogP contribution in [0.25, 0.3) is 0 Å².